The van der Waals surface area contributed by atoms with Gasteiger partial charge in [-0.15, -0.1) is 0 Å². The van der Waals surface area contributed by atoms with Crippen molar-refractivity contribution in [2.75, 3.05) is 0 Å². The summed E-state index contributed by atoms with van der Waals surface area (Å²) in [5.74, 6) is -1.16. The van der Waals surface area contributed by atoms with E-state index in [0.29, 0.717) is 11.3 Å². The predicted octanol–water partition coefficient (Wildman–Crippen LogP) is 2.36. The normalized spacial score (nSPS) is 16.9. The molecule has 0 aliphatic carbocycles. The number of para-hydroxylation sites is 1. The Kier molecular flexibility index (Phi) is 4.90. The fourth-order valence-electron chi connectivity index (χ4n) is 3.11. The highest BCUT2D eigenvalue weighted by atomic mass is 16.5. The van der Waals surface area contributed by atoms with Crippen molar-refractivity contribution in [1.29, 1.82) is 5.26 Å². The Labute approximate surface area is 151 Å². The monoisotopic (exact) mass is 350 g/mol. The summed E-state index contributed by atoms with van der Waals surface area (Å²) in [4.78, 5) is 25.9. The van der Waals surface area contributed by atoms with E-state index in [2.05, 4.69) is 0 Å². The SMILES string of the molecule is C[C@@H](Oc1ccccc1C#N)C(=O)N1Cc2ccccc2C[C@H]1C(=O)O. The Hall–Kier alpha value is -3.33. The number of hydrogen-bond donors (Lipinski definition) is 1. The fraction of sp³-hybridized carbons (Fsp3) is 0.250. The van der Waals surface area contributed by atoms with E-state index in [9.17, 15) is 14.7 Å². The van der Waals surface area contributed by atoms with E-state index in [-0.39, 0.29) is 13.0 Å². The van der Waals surface area contributed by atoms with E-state index in [1.54, 1.807) is 31.2 Å². The zero-order chi connectivity index (χ0) is 18.7. The quantitative estimate of drug-likeness (QED) is 0.914. The predicted molar refractivity (Wildman–Crippen MR) is 93.4 cm³/mol. The third-order valence-corrected chi connectivity index (χ3v) is 4.48. The molecule has 2 atom stereocenters. The van der Waals surface area contributed by atoms with E-state index >= 15 is 0 Å². The number of nitriles is 1. The van der Waals surface area contributed by atoms with Crippen molar-refractivity contribution in [3.8, 4) is 11.8 Å². The summed E-state index contributed by atoms with van der Waals surface area (Å²) in [6, 6.07) is 15.2. The lowest BCUT2D eigenvalue weighted by atomic mass is 9.93. The molecule has 2 aromatic rings. The summed E-state index contributed by atoms with van der Waals surface area (Å²) in [6.45, 7) is 1.79. The smallest absolute Gasteiger partial charge is 0.326 e. The summed E-state index contributed by atoms with van der Waals surface area (Å²) >= 11 is 0. The molecule has 3 rings (SSSR count). The molecule has 0 spiro atoms. The van der Waals surface area contributed by atoms with Crippen LogP contribution in [0.25, 0.3) is 0 Å². The van der Waals surface area contributed by atoms with Gasteiger partial charge in [0.2, 0.25) is 0 Å². The van der Waals surface area contributed by atoms with Crippen molar-refractivity contribution in [2.24, 2.45) is 0 Å². The summed E-state index contributed by atoms with van der Waals surface area (Å²) < 4.78 is 5.66. The lowest BCUT2D eigenvalue weighted by molar-refractivity contribution is -0.154. The van der Waals surface area contributed by atoms with Crippen LogP contribution in [0.15, 0.2) is 48.5 Å². The molecule has 0 saturated carbocycles. The Bertz CT molecular complexity index is 887. The van der Waals surface area contributed by atoms with Crippen LogP contribution in [0.1, 0.15) is 23.6 Å². The fourth-order valence-corrected chi connectivity index (χ4v) is 3.11. The summed E-state index contributed by atoms with van der Waals surface area (Å²) in [5, 5.41) is 18.7. The van der Waals surface area contributed by atoms with Gasteiger partial charge in [0, 0.05) is 13.0 Å². The largest absolute Gasteiger partial charge is 0.480 e. The molecule has 6 heteroatoms. The molecular weight excluding hydrogens is 332 g/mol. The van der Waals surface area contributed by atoms with Crippen LogP contribution in [-0.2, 0) is 22.6 Å². The number of aliphatic carboxylic acids is 1. The molecule has 1 aliphatic heterocycles. The van der Waals surface area contributed by atoms with Gasteiger partial charge in [0.1, 0.15) is 17.9 Å². The number of benzene rings is 2. The van der Waals surface area contributed by atoms with Crippen LogP contribution in [0.2, 0.25) is 0 Å². The molecule has 26 heavy (non-hydrogen) atoms. The molecule has 2 aromatic carbocycles. The maximum absolute atomic E-state index is 12.9. The molecule has 0 saturated heterocycles. The van der Waals surface area contributed by atoms with Crippen molar-refractivity contribution < 1.29 is 19.4 Å². The van der Waals surface area contributed by atoms with Gasteiger partial charge in [-0.1, -0.05) is 36.4 Å². The Balaban J connectivity index is 1.83. The van der Waals surface area contributed by atoms with Gasteiger partial charge >= 0.3 is 5.97 Å². The number of hydrogen-bond acceptors (Lipinski definition) is 4. The van der Waals surface area contributed by atoms with Crippen molar-refractivity contribution >= 4 is 11.9 Å². The number of carboxylic acid groups (broad SMARTS) is 1. The van der Waals surface area contributed by atoms with Crippen LogP contribution in [0.4, 0.5) is 0 Å². The second kappa shape index (κ2) is 7.28. The van der Waals surface area contributed by atoms with Crippen LogP contribution in [-0.4, -0.2) is 34.0 Å². The molecule has 0 bridgehead atoms. The molecule has 1 aliphatic rings. The number of nitrogens with zero attached hydrogens (tertiary/aromatic N) is 2. The summed E-state index contributed by atoms with van der Waals surface area (Å²) in [5.41, 5.74) is 2.20. The third kappa shape index (κ3) is 3.38. The molecule has 0 fully saturated rings. The van der Waals surface area contributed by atoms with Gasteiger partial charge in [0.05, 0.1) is 5.56 Å². The topological polar surface area (TPSA) is 90.6 Å². The van der Waals surface area contributed by atoms with Gasteiger partial charge in [-0.25, -0.2) is 4.79 Å². The van der Waals surface area contributed by atoms with E-state index in [1.807, 2.05) is 30.3 Å². The first kappa shape index (κ1) is 17.5. The van der Waals surface area contributed by atoms with Crippen molar-refractivity contribution in [2.45, 2.75) is 32.0 Å². The van der Waals surface area contributed by atoms with Gasteiger partial charge < -0.3 is 14.7 Å². The lowest BCUT2D eigenvalue weighted by Gasteiger charge is -2.35. The van der Waals surface area contributed by atoms with Crippen LogP contribution < -0.4 is 4.74 Å². The zero-order valence-electron chi connectivity index (χ0n) is 14.3. The van der Waals surface area contributed by atoms with Crippen molar-refractivity contribution in [3.63, 3.8) is 0 Å². The molecule has 1 heterocycles. The second-order valence-electron chi connectivity index (χ2n) is 6.16. The zero-order valence-corrected chi connectivity index (χ0v) is 14.3. The number of fused-ring (bicyclic) bond motifs is 1. The number of carbonyl (C=O) groups excluding carboxylic acids is 1. The van der Waals surface area contributed by atoms with Crippen LogP contribution in [0.5, 0.6) is 5.75 Å². The molecule has 1 N–H and O–H groups in total. The van der Waals surface area contributed by atoms with Gasteiger partial charge in [-0.3, -0.25) is 4.79 Å². The lowest BCUT2D eigenvalue weighted by Crippen LogP contribution is -2.52. The van der Waals surface area contributed by atoms with E-state index < -0.39 is 24.0 Å². The minimum absolute atomic E-state index is 0.222. The first-order valence-corrected chi connectivity index (χ1v) is 8.27. The highest BCUT2D eigenvalue weighted by molar-refractivity contribution is 5.87. The Morgan fingerprint density at radius 2 is 1.85 bits per heavy atom. The second-order valence-corrected chi connectivity index (χ2v) is 6.16. The Morgan fingerprint density at radius 1 is 1.19 bits per heavy atom. The van der Waals surface area contributed by atoms with Crippen LogP contribution >= 0.6 is 0 Å². The maximum atomic E-state index is 12.9. The van der Waals surface area contributed by atoms with Crippen molar-refractivity contribution in [3.05, 3.63) is 65.2 Å². The number of carboxylic acids is 1. The van der Waals surface area contributed by atoms with E-state index in [0.717, 1.165) is 11.1 Å². The first-order valence-electron chi connectivity index (χ1n) is 8.27. The number of amides is 1. The average Bonchev–Trinajstić information content (AvgIpc) is 2.66. The number of rotatable bonds is 4. The van der Waals surface area contributed by atoms with Gasteiger partial charge in [0.25, 0.3) is 5.91 Å². The highest BCUT2D eigenvalue weighted by Gasteiger charge is 2.37. The molecule has 0 aromatic heterocycles. The first-order chi connectivity index (χ1) is 12.5. The van der Waals surface area contributed by atoms with Crippen molar-refractivity contribution in [1.82, 2.24) is 4.90 Å². The average molecular weight is 350 g/mol. The minimum Gasteiger partial charge on any atom is -0.480 e. The standard InChI is InChI=1S/C20H18N2O4/c1-13(26-18-9-5-4-7-15(18)11-21)19(23)22-12-16-8-3-2-6-14(16)10-17(22)20(24)25/h2-9,13,17H,10,12H2,1H3,(H,24,25)/t13-,17+/m1/s1. The van der Waals surface area contributed by atoms with E-state index in [1.165, 1.54) is 4.90 Å². The maximum Gasteiger partial charge on any atom is 0.326 e. The van der Waals surface area contributed by atoms with E-state index in [4.69, 9.17) is 10.00 Å². The summed E-state index contributed by atoms with van der Waals surface area (Å²) in [7, 11) is 0. The molecule has 0 radical (unpaired) electrons. The third-order valence-electron chi connectivity index (χ3n) is 4.48. The van der Waals surface area contributed by atoms with Crippen LogP contribution in [0.3, 0.4) is 0 Å². The molecule has 6 nitrogen and oxygen atoms in total. The van der Waals surface area contributed by atoms with Gasteiger partial charge in [-0.05, 0) is 30.2 Å². The summed E-state index contributed by atoms with van der Waals surface area (Å²) in [6.07, 6.45) is -0.643. The van der Waals surface area contributed by atoms with Gasteiger partial charge in [0.15, 0.2) is 6.10 Å². The van der Waals surface area contributed by atoms with Gasteiger partial charge in [-0.2, -0.15) is 5.26 Å². The van der Waals surface area contributed by atoms with Crippen LogP contribution in [0, 0.1) is 11.3 Å². The highest BCUT2D eigenvalue weighted by Crippen LogP contribution is 2.25. The molecular formula is C20H18N2O4. The molecule has 132 valence electrons. The molecule has 0 unspecified atom stereocenters. The number of carbonyl (C=O) groups is 2. The number of ether oxygens (including phenoxy) is 1. The minimum atomic E-state index is -1.04. The Morgan fingerprint density at radius 3 is 2.54 bits per heavy atom. The molecule has 1 amide bonds.